The first-order chi connectivity index (χ1) is 10.1. The minimum atomic E-state index is -3.45. The van der Waals surface area contributed by atoms with E-state index in [1.807, 2.05) is 12.1 Å². The summed E-state index contributed by atoms with van der Waals surface area (Å²) in [7, 11) is -1.65. The second-order valence-corrected chi connectivity index (χ2v) is 7.14. The number of hydrogen-bond donors (Lipinski definition) is 2. The van der Waals surface area contributed by atoms with Crippen LogP contribution in [-0.2, 0) is 21.3 Å². The van der Waals surface area contributed by atoms with Crippen LogP contribution in [0.2, 0.25) is 0 Å². The van der Waals surface area contributed by atoms with Crippen molar-refractivity contribution in [2.45, 2.75) is 30.7 Å². The van der Waals surface area contributed by atoms with Gasteiger partial charge in [0.15, 0.2) is 0 Å². The van der Waals surface area contributed by atoms with Gasteiger partial charge in [-0.25, -0.2) is 13.1 Å². The molecule has 21 heavy (non-hydrogen) atoms. The lowest BCUT2D eigenvalue weighted by Crippen LogP contribution is -2.27. The Balaban J connectivity index is 1.80. The first-order valence-electron chi connectivity index (χ1n) is 7.43. The Morgan fingerprint density at radius 3 is 2.76 bits per heavy atom. The summed E-state index contributed by atoms with van der Waals surface area (Å²) in [5.74, 6) is 0.745. The summed E-state index contributed by atoms with van der Waals surface area (Å²) < 4.78 is 32.7. The number of hydrogen-bond acceptors (Lipinski definition) is 4. The van der Waals surface area contributed by atoms with E-state index in [1.54, 1.807) is 19.2 Å². The molecule has 1 aliphatic rings. The summed E-state index contributed by atoms with van der Waals surface area (Å²) >= 11 is 0. The second-order valence-electron chi connectivity index (χ2n) is 5.41. The van der Waals surface area contributed by atoms with Crippen LogP contribution >= 0.6 is 0 Å². The summed E-state index contributed by atoms with van der Waals surface area (Å²) in [4.78, 5) is 0.346. The van der Waals surface area contributed by atoms with Gasteiger partial charge in [0.25, 0.3) is 0 Å². The van der Waals surface area contributed by atoms with E-state index in [2.05, 4.69) is 10.0 Å². The zero-order chi connectivity index (χ0) is 15.1. The molecule has 1 aromatic carbocycles. The maximum absolute atomic E-state index is 12.3. The third-order valence-corrected chi connectivity index (χ3v) is 5.00. The predicted octanol–water partition coefficient (Wildman–Crippen LogP) is 1.50. The molecule has 0 aromatic heterocycles. The van der Waals surface area contributed by atoms with Gasteiger partial charge in [-0.1, -0.05) is 18.2 Å². The summed E-state index contributed by atoms with van der Waals surface area (Å²) in [5.41, 5.74) is 0.775. The Labute approximate surface area is 127 Å². The Morgan fingerprint density at radius 2 is 2.05 bits per heavy atom. The van der Waals surface area contributed by atoms with Gasteiger partial charge in [-0.05, 0) is 43.9 Å². The molecule has 2 rings (SSSR count). The van der Waals surface area contributed by atoms with E-state index in [1.165, 1.54) is 12.8 Å². The molecule has 1 fully saturated rings. The molecular weight excluding hydrogens is 288 g/mol. The molecule has 0 heterocycles. The smallest absolute Gasteiger partial charge is 0.240 e. The van der Waals surface area contributed by atoms with E-state index < -0.39 is 10.0 Å². The monoisotopic (exact) mass is 312 g/mol. The minimum absolute atomic E-state index is 0.346. The van der Waals surface area contributed by atoms with Crippen LogP contribution in [0.4, 0.5) is 0 Å². The van der Waals surface area contributed by atoms with Crippen LogP contribution in [0.5, 0.6) is 0 Å². The van der Waals surface area contributed by atoms with E-state index in [0.717, 1.165) is 18.1 Å². The van der Waals surface area contributed by atoms with E-state index in [0.29, 0.717) is 31.0 Å². The van der Waals surface area contributed by atoms with Crippen molar-refractivity contribution in [2.75, 3.05) is 26.8 Å². The zero-order valence-electron chi connectivity index (χ0n) is 12.5. The number of rotatable bonds is 10. The van der Waals surface area contributed by atoms with Gasteiger partial charge < -0.3 is 10.1 Å². The Kier molecular flexibility index (Phi) is 6.17. The lowest BCUT2D eigenvalue weighted by molar-refractivity contribution is 0.123. The maximum Gasteiger partial charge on any atom is 0.240 e. The van der Waals surface area contributed by atoms with Crippen molar-refractivity contribution in [1.82, 2.24) is 10.0 Å². The molecule has 1 saturated carbocycles. The van der Waals surface area contributed by atoms with Gasteiger partial charge in [0.05, 0.1) is 4.90 Å². The third-order valence-electron chi connectivity index (χ3n) is 3.44. The highest BCUT2D eigenvalue weighted by molar-refractivity contribution is 7.89. The average Bonchev–Trinajstić information content (AvgIpc) is 3.28. The maximum atomic E-state index is 12.3. The average molecular weight is 312 g/mol. The van der Waals surface area contributed by atoms with Crippen molar-refractivity contribution < 1.29 is 13.2 Å². The van der Waals surface area contributed by atoms with E-state index >= 15 is 0 Å². The molecule has 0 unspecified atom stereocenters. The molecule has 0 amide bonds. The van der Waals surface area contributed by atoms with Gasteiger partial charge in [0.2, 0.25) is 10.0 Å². The molecule has 6 heteroatoms. The standard InChI is InChI=1S/C15H24N2O3S/c1-16-11-14-5-2-3-6-15(14)21(18,19)17-9-4-10-20-12-13-7-8-13/h2-3,5-6,13,16-17H,4,7-12H2,1H3. The molecule has 1 aliphatic carbocycles. The molecule has 5 nitrogen and oxygen atoms in total. The summed E-state index contributed by atoms with van der Waals surface area (Å²) in [5, 5.41) is 2.98. The third kappa shape index (κ3) is 5.39. The van der Waals surface area contributed by atoms with E-state index in [-0.39, 0.29) is 0 Å². The summed E-state index contributed by atoms with van der Waals surface area (Å²) in [6.45, 7) is 2.36. The number of benzene rings is 1. The lowest BCUT2D eigenvalue weighted by atomic mass is 10.2. The van der Waals surface area contributed by atoms with Crippen LogP contribution in [0.15, 0.2) is 29.2 Å². The van der Waals surface area contributed by atoms with E-state index in [4.69, 9.17) is 4.74 Å². The molecule has 118 valence electrons. The van der Waals surface area contributed by atoms with Crippen molar-refractivity contribution >= 4 is 10.0 Å². The van der Waals surface area contributed by atoms with Crippen LogP contribution in [0.1, 0.15) is 24.8 Å². The first kappa shape index (κ1) is 16.4. The number of sulfonamides is 1. The first-order valence-corrected chi connectivity index (χ1v) is 8.91. The highest BCUT2D eigenvalue weighted by Gasteiger charge is 2.21. The molecule has 0 saturated heterocycles. The quantitative estimate of drug-likeness (QED) is 0.643. The fourth-order valence-electron chi connectivity index (χ4n) is 2.10. The normalized spacial score (nSPS) is 15.3. The van der Waals surface area contributed by atoms with Gasteiger partial charge in [0, 0.05) is 26.3 Å². The van der Waals surface area contributed by atoms with Gasteiger partial charge in [0.1, 0.15) is 0 Å². The highest BCUT2D eigenvalue weighted by atomic mass is 32.2. The molecule has 0 spiro atoms. The molecule has 0 atom stereocenters. The fourth-order valence-corrected chi connectivity index (χ4v) is 3.41. The zero-order valence-corrected chi connectivity index (χ0v) is 13.3. The largest absolute Gasteiger partial charge is 0.381 e. The Bertz CT molecular complexity index is 542. The highest BCUT2D eigenvalue weighted by Crippen LogP contribution is 2.28. The van der Waals surface area contributed by atoms with Gasteiger partial charge >= 0.3 is 0 Å². The Morgan fingerprint density at radius 1 is 1.29 bits per heavy atom. The molecule has 0 aliphatic heterocycles. The number of ether oxygens (including phenoxy) is 1. The lowest BCUT2D eigenvalue weighted by Gasteiger charge is -2.11. The van der Waals surface area contributed by atoms with Crippen molar-refractivity contribution in [1.29, 1.82) is 0 Å². The van der Waals surface area contributed by atoms with E-state index in [9.17, 15) is 8.42 Å². The fraction of sp³-hybridized carbons (Fsp3) is 0.600. The molecular formula is C15H24N2O3S. The van der Waals surface area contributed by atoms with Gasteiger partial charge in [-0.2, -0.15) is 0 Å². The van der Waals surface area contributed by atoms with Crippen molar-refractivity contribution in [3.63, 3.8) is 0 Å². The molecule has 0 radical (unpaired) electrons. The van der Waals surface area contributed by atoms with Crippen LogP contribution < -0.4 is 10.0 Å². The van der Waals surface area contributed by atoms with Crippen molar-refractivity contribution in [3.05, 3.63) is 29.8 Å². The van der Waals surface area contributed by atoms with Crippen LogP contribution in [-0.4, -0.2) is 35.2 Å². The Hall–Kier alpha value is -0.950. The van der Waals surface area contributed by atoms with Gasteiger partial charge in [-0.3, -0.25) is 0 Å². The molecule has 0 bridgehead atoms. The molecule has 2 N–H and O–H groups in total. The SMILES string of the molecule is CNCc1ccccc1S(=O)(=O)NCCCOCC1CC1. The number of nitrogens with one attached hydrogen (secondary N) is 2. The second kappa shape index (κ2) is 7.89. The predicted molar refractivity (Wildman–Crippen MR) is 82.6 cm³/mol. The molecule has 1 aromatic rings. The van der Waals surface area contributed by atoms with Gasteiger partial charge in [-0.15, -0.1) is 0 Å². The minimum Gasteiger partial charge on any atom is -0.381 e. The van der Waals surface area contributed by atoms with Crippen LogP contribution in [0.25, 0.3) is 0 Å². The van der Waals surface area contributed by atoms with Crippen molar-refractivity contribution in [3.8, 4) is 0 Å². The summed E-state index contributed by atoms with van der Waals surface area (Å²) in [6.07, 6.45) is 3.24. The topological polar surface area (TPSA) is 67.4 Å². The summed E-state index contributed by atoms with van der Waals surface area (Å²) in [6, 6.07) is 7.05. The van der Waals surface area contributed by atoms with Crippen molar-refractivity contribution in [2.24, 2.45) is 5.92 Å². The van der Waals surface area contributed by atoms with Crippen LogP contribution in [0.3, 0.4) is 0 Å². The van der Waals surface area contributed by atoms with Crippen LogP contribution in [0, 0.1) is 5.92 Å².